The van der Waals surface area contributed by atoms with Crippen molar-refractivity contribution in [2.45, 2.75) is 405 Å². The summed E-state index contributed by atoms with van der Waals surface area (Å²) < 4.78 is 5.50. The summed E-state index contributed by atoms with van der Waals surface area (Å²) in [5.74, 6) is -0.0273. The summed E-state index contributed by atoms with van der Waals surface area (Å²) in [5, 5.41) is 23.4. The van der Waals surface area contributed by atoms with E-state index in [1.807, 2.05) is 0 Å². The van der Waals surface area contributed by atoms with Crippen molar-refractivity contribution >= 4 is 11.9 Å². The summed E-state index contributed by atoms with van der Waals surface area (Å²) in [7, 11) is 0. The maximum Gasteiger partial charge on any atom is 0.305 e. The number of unbranched alkanes of at least 4 members (excludes halogenated alkanes) is 52. The highest BCUT2D eigenvalue weighted by atomic mass is 16.5. The van der Waals surface area contributed by atoms with Crippen molar-refractivity contribution in [2.75, 3.05) is 13.2 Å². The van der Waals surface area contributed by atoms with Crippen LogP contribution in [-0.2, 0) is 14.3 Å². The molecule has 6 heteroatoms. The van der Waals surface area contributed by atoms with Gasteiger partial charge in [0.15, 0.2) is 0 Å². The Hall–Kier alpha value is -1.40. The van der Waals surface area contributed by atoms with Crippen LogP contribution in [-0.4, -0.2) is 47.4 Å². The summed E-state index contributed by atoms with van der Waals surface area (Å²) in [5.41, 5.74) is 0. The largest absolute Gasteiger partial charge is 0.466 e. The van der Waals surface area contributed by atoms with Gasteiger partial charge in [-0.2, -0.15) is 0 Å². The molecule has 2 atom stereocenters. The van der Waals surface area contributed by atoms with Gasteiger partial charge in [-0.1, -0.05) is 341 Å². The molecule has 0 aliphatic carbocycles. The Kier molecular flexibility index (Phi) is 63.9. The first-order valence-corrected chi connectivity index (χ1v) is 34.4. The summed E-state index contributed by atoms with van der Waals surface area (Å²) >= 11 is 0. The van der Waals surface area contributed by atoms with E-state index in [9.17, 15) is 19.8 Å². The highest BCUT2D eigenvalue weighted by molar-refractivity contribution is 5.76. The summed E-state index contributed by atoms with van der Waals surface area (Å²) in [6.07, 6.45) is 79.6. The smallest absolute Gasteiger partial charge is 0.305 e. The van der Waals surface area contributed by atoms with Gasteiger partial charge in [0.25, 0.3) is 0 Å². The van der Waals surface area contributed by atoms with E-state index in [4.69, 9.17) is 4.74 Å². The number of rotatable bonds is 65. The lowest BCUT2D eigenvalue weighted by atomic mass is 10.0. The van der Waals surface area contributed by atoms with Crippen LogP contribution in [0.15, 0.2) is 12.2 Å². The highest BCUT2D eigenvalue weighted by Crippen LogP contribution is 2.19. The zero-order valence-electron chi connectivity index (χ0n) is 51.1. The molecule has 446 valence electrons. The van der Waals surface area contributed by atoms with Crippen LogP contribution in [0.1, 0.15) is 393 Å². The van der Waals surface area contributed by atoms with Crippen molar-refractivity contribution in [3.63, 3.8) is 0 Å². The van der Waals surface area contributed by atoms with Crippen LogP contribution in [0.3, 0.4) is 0 Å². The number of aliphatic hydroxyl groups excluding tert-OH is 2. The topological polar surface area (TPSA) is 95.9 Å². The standard InChI is InChI=1S/C69H135NO5/c1-3-5-7-9-11-13-15-17-19-21-23-26-29-33-37-41-45-49-53-57-61-67(72)66(65-71)70-68(73)62-58-54-50-46-42-38-34-30-27-24-25-28-32-36-40-44-48-52-56-60-64-75-69(74)63-59-55-51-47-43-39-35-31-22-20-18-16-14-12-10-8-6-4-2/h24,27,66-67,71-72H,3-23,25-26,28-65H2,1-2H3,(H,70,73)/b27-24-. The molecule has 0 spiro atoms. The van der Waals surface area contributed by atoms with Gasteiger partial charge in [0.1, 0.15) is 0 Å². The van der Waals surface area contributed by atoms with Crippen LogP contribution in [0.25, 0.3) is 0 Å². The predicted octanol–water partition coefficient (Wildman–Crippen LogP) is 22.0. The van der Waals surface area contributed by atoms with E-state index >= 15 is 0 Å². The van der Waals surface area contributed by atoms with Crippen molar-refractivity contribution < 1.29 is 24.5 Å². The molecule has 0 aromatic carbocycles. The van der Waals surface area contributed by atoms with Crippen LogP contribution in [0, 0.1) is 0 Å². The van der Waals surface area contributed by atoms with Gasteiger partial charge in [-0.15, -0.1) is 0 Å². The van der Waals surface area contributed by atoms with Crippen LogP contribution in [0.4, 0.5) is 0 Å². The van der Waals surface area contributed by atoms with Gasteiger partial charge >= 0.3 is 5.97 Å². The molecule has 0 heterocycles. The molecule has 0 aromatic heterocycles. The predicted molar refractivity (Wildman–Crippen MR) is 329 cm³/mol. The number of hydrogen-bond acceptors (Lipinski definition) is 5. The lowest BCUT2D eigenvalue weighted by Crippen LogP contribution is -2.45. The minimum Gasteiger partial charge on any atom is -0.466 e. The Morgan fingerprint density at radius 1 is 0.360 bits per heavy atom. The number of carbonyl (C=O) groups excluding carboxylic acids is 2. The third-order valence-electron chi connectivity index (χ3n) is 16.3. The molecule has 0 aliphatic rings. The van der Waals surface area contributed by atoms with Crippen molar-refractivity contribution in [3.8, 4) is 0 Å². The fourth-order valence-corrected chi connectivity index (χ4v) is 11.1. The lowest BCUT2D eigenvalue weighted by molar-refractivity contribution is -0.143. The Labute approximate surface area is 469 Å². The van der Waals surface area contributed by atoms with Crippen LogP contribution in [0.5, 0.6) is 0 Å². The van der Waals surface area contributed by atoms with E-state index in [1.165, 1.54) is 321 Å². The summed E-state index contributed by atoms with van der Waals surface area (Å²) in [4.78, 5) is 24.6. The molecule has 0 bridgehead atoms. The number of hydrogen-bond donors (Lipinski definition) is 3. The minimum absolute atomic E-state index is 0.0119. The second kappa shape index (κ2) is 65.1. The zero-order chi connectivity index (χ0) is 54.3. The number of esters is 1. The fourth-order valence-electron chi connectivity index (χ4n) is 11.1. The summed E-state index contributed by atoms with van der Waals surface area (Å²) in [6, 6.07) is -0.548. The maximum absolute atomic E-state index is 12.5. The number of aliphatic hydroxyl groups is 2. The van der Waals surface area contributed by atoms with E-state index in [1.54, 1.807) is 0 Å². The van der Waals surface area contributed by atoms with Gasteiger partial charge in [-0.3, -0.25) is 9.59 Å². The molecular weight excluding hydrogens is 923 g/mol. The van der Waals surface area contributed by atoms with E-state index in [2.05, 4.69) is 31.3 Å². The number of allylic oxidation sites excluding steroid dienone is 2. The highest BCUT2D eigenvalue weighted by Gasteiger charge is 2.20. The number of carbonyl (C=O) groups is 2. The SMILES string of the molecule is CCCCCCCCCCCCCCCCCCCCCCC(O)C(CO)NC(=O)CCCCCCCCC/C=C\CCCCCCCCCCCOC(=O)CCCCCCCCCCCCCCCCCCCC. The molecule has 0 aromatic rings. The molecule has 0 saturated carbocycles. The molecule has 0 fully saturated rings. The van der Waals surface area contributed by atoms with Gasteiger partial charge < -0.3 is 20.3 Å². The monoisotopic (exact) mass is 1060 g/mol. The van der Waals surface area contributed by atoms with E-state index < -0.39 is 12.1 Å². The van der Waals surface area contributed by atoms with Gasteiger partial charge in [0.05, 0.1) is 25.4 Å². The first-order valence-electron chi connectivity index (χ1n) is 34.4. The molecule has 3 N–H and O–H groups in total. The quantitative estimate of drug-likeness (QED) is 0.0320. The molecule has 1 amide bonds. The first kappa shape index (κ1) is 73.6. The third-order valence-corrected chi connectivity index (χ3v) is 16.3. The molecule has 0 aliphatic heterocycles. The van der Waals surface area contributed by atoms with Gasteiger partial charge in [0, 0.05) is 12.8 Å². The number of ether oxygens (including phenoxy) is 1. The Morgan fingerprint density at radius 2 is 0.627 bits per heavy atom. The second-order valence-corrected chi connectivity index (χ2v) is 23.9. The molecule has 0 rings (SSSR count). The maximum atomic E-state index is 12.5. The molecule has 0 saturated heterocycles. The van der Waals surface area contributed by atoms with E-state index in [-0.39, 0.29) is 18.5 Å². The second-order valence-electron chi connectivity index (χ2n) is 23.9. The molecular formula is C69H135NO5. The van der Waals surface area contributed by atoms with Crippen LogP contribution < -0.4 is 5.32 Å². The van der Waals surface area contributed by atoms with Crippen molar-refractivity contribution in [1.82, 2.24) is 5.32 Å². The minimum atomic E-state index is -0.670. The Balaban J connectivity index is 3.40. The first-order chi connectivity index (χ1) is 37.0. The van der Waals surface area contributed by atoms with E-state index in [0.717, 1.165) is 38.5 Å². The van der Waals surface area contributed by atoms with Gasteiger partial charge in [-0.05, 0) is 51.4 Å². The molecule has 6 nitrogen and oxygen atoms in total. The normalized spacial score (nSPS) is 12.5. The average Bonchev–Trinajstić information content (AvgIpc) is 3.41. The summed E-state index contributed by atoms with van der Waals surface area (Å²) in [6.45, 7) is 4.99. The van der Waals surface area contributed by atoms with Crippen molar-refractivity contribution in [3.05, 3.63) is 12.2 Å². The third kappa shape index (κ3) is 61.7. The fraction of sp³-hybridized carbons (Fsp3) is 0.942. The van der Waals surface area contributed by atoms with Crippen LogP contribution in [0.2, 0.25) is 0 Å². The molecule has 75 heavy (non-hydrogen) atoms. The van der Waals surface area contributed by atoms with Crippen molar-refractivity contribution in [1.29, 1.82) is 0 Å². The lowest BCUT2D eigenvalue weighted by Gasteiger charge is -2.22. The van der Waals surface area contributed by atoms with Gasteiger partial charge in [-0.25, -0.2) is 0 Å². The number of nitrogens with one attached hydrogen (secondary N) is 1. The molecule has 0 radical (unpaired) electrons. The average molecular weight is 1060 g/mol. The van der Waals surface area contributed by atoms with Crippen LogP contribution >= 0.6 is 0 Å². The molecule has 2 unspecified atom stereocenters. The van der Waals surface area contributed by atoms with Gasteiger partial charge in [0.2, 0.25) is 5.91 Å². The van der Waals surface area contributed by atoms with E-state index in [0.29, 0.717) is 25.9 Å². The number of amides is 1. The van der Waals surface area contributed by atoms with Crippen molar-refractivity contribution in [2.24, 2.45) is 0 Å². The zero-order valence-corrected chi connectivity index (χ0v) is 51.1. The Bertz CT molecular complexity index is 1130. The Morgan fingerprint density at radius 3 is 0.947 bits per heavy atom.